The molecule has 0 aromatic heterocycles. The number of rotatable bonds is 4. The molecule has 2 heterocycles. The van der Waals surface area contributed by atoms with Gasteiger partial charge in [0.2, 0.25) is 0 Å². The van der Waals surface area contributed by atoms with Crippen molar-refractivity contribution in [2.45, 2.75) is 29.3 Å². The van der Waals surface area contributed by atoms with E-state index in [2.05, 4.69) is 15.9 Å². The fraction of sp³-hybridized carbons (Fsp3) is 0.316. The smallest absolute Gasteiger partial charge is 0.314 e. The summed E-state index contributed by atoms with van der Waals surface area (Å²) in [6.45, 7) is 0.825. The van der Waals surface area contributed by atoms with Gasteiger partial charge in [0.05, 0.1) is 17.8 Å². The van der Waals surface area contributed by atoms with E-state index in [1.807, 2.05) is 60.7 Å². The summed E-state index contributed by atoms with van der Waals surface area (Å²) in [5.41, 5.74) is 1.99. The molecule has 0 spiro atoms. The summed E-state index contributed by atoms with van der Waals surface area (Å²) < 4.78 is 24.2. The van der Waals surface area contributed by atoms with E-state index < -0.39 is 14.0 Å². The lowest BCUT2D eigenvalue weighted by molar-refractivity contribution is 0.181. The first-order valence-corrected chi connectivity index (χ1v) is 11.1. The monoisotopic (exact) mass is 434 g/mol. The van der Waals surface area contributed by atoms with E-state index in [1.165, 1.54) is 0 Å². The van der Waals surface area contributed by atoms with Crippen molar-refractivity contribution in [2.75, 3.05) is 5.75 Å². The summed E-state index contributed by atoms with van der Waals surface area (Å²) in [7, 11) is -3.28. The van der Waals surface area contributed by atoms with Crippen LogP contribution in [0.25, 0.3) is 0 Å². The van der Waals surface area contributed by atoms with Gasteiger partial charge in [-0.15, -0.1) is 0 Å². The summed E-state index contributed by atoms with van der Waals surface area (Å²) in [5.74, 6) is -0.00253. The van der Waals surface area contributed by atoms with E-state index in [0.29, 0.717) is 13.1 Å². The molecule has 4 rings (SSSR count). The van der Waals surface area contributed by atoms with E-state index in [4.69, 9.17) is 0 Å². The highest BCUT2D eigenvalue weighted by atomic mass is 79.9. The number of hydrogen-bond acceptors (Lipinski definition) is 3. The zero-order valence-corrected chi connectivity index (χ0v) is 16.4. The molecule has 136 valence electrons. The van der Waals surface area contributed by atoms with Crippen LogP contribution in [-0.4, -0.2) is 46.2 Å². The van der Waals surface area contributed by atoms with E-state index >= 15 is 0 Å². The van der Waals surface area contributed by atoms with Gasteiger partial charge in [0, 0.05) is 13.1 Å². The van der Waals surface area contributed by atoms with Crippen LogP contribution in [0, 0.1) is 0 Å². The number of hydrogen-bond donors (Lipinski definition) is 0. The lowest BCUT2D eigenvalue weighted by Gasteiger charge is -2.24. The topological polar surface area (TPSA) is 57.7 Å². The van der Waals surface area contributed by atoms with Gasteiger partial charge in [-0.1, -0.05) is 76.6 Å². The van der Waals surface area contributed by atoms with Gasteiger partial charge >= 0.3 is 6.03 Å². The molecular weight excluding hydrogens is 416 g/mol. The van der Waals surface area contributed by atoms with Crippen LogP contribution in [0.1, 0.15) is 11.1 Å². The second kappa shape index (κ2) is 6.70. The average Bonchev–Trinajstić information content (AvgIpc) is 3.02. The van der Waals surface area contributed by atoms with Crippen molar-refractivity contribution >= 4 is 31.8 Å². The summed E-state index contributed by atoms with van der Waals surface area (Å²) in [4.78, 5) is 16.5. The molecule has 5 nitrogen and oxygen atoms in total. The molecule has 2 fully saturated rings. The zero-order valence-electron chi connectivity index (χ0n) is 14.0. The number of carbonyl (C=O) groups is 1. The highest BCUT2D eigenvalue weighted by Gasteiger charge is 2.58. The molecule has 2 aliphatic heterocycles. The predicted octanol–water partition coefficient (Wildman–Crippen LogP) is 3.01. The lowest BCUT2D eigenvalue weighted by atomic mass is 10.1. The number of amides is 2. The third-order valence-electron chi connectivity index (χ3n) is 5.05. The third kappa shape index (κ3) is 3.03. The van der Waals surface area contributed by atoms with Crippen molar-refractivity contribution < 1.29 is 13.2 Å². The van der Waals surface area contributed by atoms with Crippen molar-refractivity contribution in [1.29, 1.82) is 0 Å². The number of urea groups is 1. The van der Waals surface area contributed by atoms with Crippen molar-refractivity contribution in [2.24, 2.45) is 0 Å². The molecule has 26 heavy (non-hydrogen) atoms. The molecule has 2 aliphatic rings. The second-order valence-corrected chi connectivity index (χ2v) is 10.5. The van der Waals surface area contributed by atoms with Crippen LogP contribution in [0.3, 0.4) is 0 Å². The van der Waals surface area contributed by atoms with Gasteiger partial charge in [-0.2, -0.15) is 0 Å². The fourth-order valence-corrected chi connectivity index (χ4v) is 6.68. The van der Waals surface area contributed by atoms with Gasteiger partial charge in [0.25, 0.3) is 0 Å². The summed E-state index contributed by atoms with van der Waals surface area (Å²) in [6.07, 6.45) is 0. The Labute approximate surface area is 161 Å². The highest BCUT2D eigenvalue weighted by Crippen LogP contribution is 2.40. The largest absolute Gasteiger partial charge is 0.321 e. The maximum atomic E-state index is 13.1. The van der Waals surface area contributed by atoms with Crippen LogP contribution < -0.4 is 0 Å². The summed E-state index contributed by atoms with van der Waals surface area (Å²) in [6, 6.07) is 18.5. The van der Waals surface area contributed by atoms with Crippen LogP contribution >= 0.6 is 15.9 Å². The Morgan fingerprint density at radius 2 is 1.38 bits per heavy atom. The van der Waals surface area contributed by atoms with Crippen molar-refractivity contribution in [3.05, 3.63) is 71.8 Å². The number of fused-ring (bicyclic) bond motifs is 1. The molecule has 0 radical (unpaired) electrons. The van der Waals surface area contributed by atoms with Gasteiger partial charge in [-0.25, -0.2) is 13.2 Å². The molecule has 0 aliphatic carbocycles. The van der Waals surface area contributed by atoms with Crippen LogP contribution in [0.2, 0.25) is 0 Å². The van der Waals surface area contributed by atoms with Crippen LogP contribution in [0.15, 0.2) is 60.7 Å². The molecule has 0 N–H and O–H groups in total. The average molecular weight is 435 g/mol. The molecule has 2 amide bonds. The first kappa shape index (κ1) is 17.5. The molecule has 2 aromatic rings. The molecule has 3 atom stereocenters. The maximum Gasteiger partial charge on any atom is 0.321 e. The lowest BCUT2D eigenvalue weighted by Crippen LogP contribution is -2.39. The van der Waals surface area contributed by atoms with Crippen molar-refractivity contribution in [3.8, 4) is 0 Å². The molecular formula is C19H19BrN2O3S. The molecule has 0 bridgehead atoms. The summed E-state index contributed by atoms with van der Waals surface area (Å²) in [5, 5.41) is 0. The molecule has 2 saturated heterocycles. The third-order valence-corrected chi connectivity index (χ3v) is 9.07. The van der Waals surface area contributed by atoms with Crippen molar-refractivity contribution in [1.82, 2.24) is 9.80 Å². The minimum absolute atomic E-state index is 0.00253. The quantitative estimate of drug-likeness (QED) is 0.548. The normalized spacial score (nSPS) is 27.0. The standard InChI is InChI=1S/C19H19BrN2O3S/c20-18-17-16(13-26(18,24)25)21(11-14-7-3-1-4-8-14)19(23)22(17)12-15-9-5-2-6-10-15/h1-10,16-18H,11-13H2/t16-,17-,18-/m1/s1. The fourth-order valence-electron chi connectivity index (χ4n) is 3.79. The van der Waals surface area contributed by atoms with Crippen molar-refractivity contribution in [3.63, 3.8) is 0 Å². The number of halogens is 1. The minimum Gasteiger partial charge on any atom is -0.314 e. The number of nitrogens with zero attached hydrogens (tertiary/aromatic N) is 2. The van der Waals surface area contributed by atoms with Crippen LogP contribution in [0.5, 0.6) is 0 Å². The Morgan fingerprint density at radius 3 is 1.92 bits per heavy atom. The molecule has 2 aromatic carbocycles. The van der Waals surface area contributed by atoms with E-state index in [0.717, 1.165) is 11.1 Å². The highest BCUT2D eigenvalue weighted by molar-refractivity contribution is 9.11. The number of sulfone groups is 1. The van der Waals surface area contributed by atoms with E-state index in [9.17, 15) is 13.2 Å². The van der Waals surface area contributed by atoms with E-state index in [-0.39, 0.29) is 23.9 Å². The van der Waals surface area contributed by atoms with Crippen LogP contribution in [0.4, 0.5) is 4.79 Å². The van der Waals surface area contributed by atoms with Crippen LogP contribution in [-0.2, 0) is 22.9 Å². The van der Waals surface area contributed by atoms with Gasteiger partial charge in [0.15, 0.2) is 9.84 Å². The minimum atomic E-state index is -3.28. The first-order valence-electron chi connectivity index (χ1n) is 8.48. The van der Waals surface area contributed by atoms with Gasteiger partial charge in [-0.3, -0.25) is 0 Å². The SMILES string of the molecule is O=C1N(Cc2ccccc2)[C@@H]2[C@@H](CS(=O)(=O)[C@H]2Br)N1Cc1ccccc1. The zero-order chi connectivity index (χ0) is 18.3. The Kier molecular flexibility index (Phi) is 4.52. The predicted molar refractivity (Wildman–Crippen MR) is 103 cm³/mol. The molecule has 0 saturated carbocycles. The Bertz CT molecular complexity index is 905. The molecule has 0 unspecified atom stereocenters. The Morgan fingerprint density at radius 1 is 0.885 bits per heavy atom. The first-order chi connectivity index (χ1) is 12.5. The maximum absolute atomic E-state index is 13.1. The number of carbonyl (C=O) groups excluding carboxylic acids is 1. The number of alkyl halides is 1. The Hall–Kier alpha value is -1.86. The number of benzene rings is 2. The van der Waals surface area contributed by atoms with E-state index in [1.54, 1.807) is 9.80 Å². The Balaban J connectivity index is 1.67. The second-order valence-electron chi connectivity index (χ2n) is 6.75. The van der Waals surface area contributed by atoms with Gasteiger partial charge in [-0.05, 0) is 11.1 Å². The van der Waals surface area contributed by atoms with Gasteiger partial charge < -0.3 is 9.80 Å². The molecule has 7 heteroatoms. The van der Waals surface area contributed by atoms with Gasteiger partial charge in [0.1, 0.15) is 4.16 Å². The summed E-state index contributed by atoms with van der Waals surface area (Å²) >= 11 is 3.35.